The van der Waals surface area contributed by atoms with Crippen molar-refractivity contribution < 1.29 is 0 Å². The third-order valence-electron chi connectivity index (χ3n) is 3.76. The van der Waals surface area contributed by atoms with E-state index in [0.29, 0.717) is 0 Å². The standard InChI is InChI=1S/C22H19BrN2/c1-3-9-20(10-4-2)25-16-21(18-13-8-14-19(23)15-18)24-22(25)17-11-6-5-7-12-17/h3-16H,1H2,2H3/b10-4-,20-9+. The molecule has 0 unspecified atom stereocenters. The van der Waals surface area contributed by atoms with E-state index in [1.807, 2.05) is 49.4 Å². The number of hydrogen-bond donors (Lipinski definition) is 0. The van der Waals surface area contributed by atoms with Gasteiger partial charge in [-0.1, -0.05) is 77.1 Å². The molecule has 0 bridgehead atoms. The van der Waals surface area contributed by atoms with Crippen molar-refractivity contribution in [2.75, 3.05) is 0 Å². The molecule has 0 amide bonds. The Bertz CT molecular complexity index is 934. The summed E-state index contributed by atoms with van der Waals surface area (Å²) in [6, 6.07) is 18.4. The molecule has 0 spiro atoms. The van der Waals surface area contributed by atoms with Gasteiger partial charge in [-0.25, -0.2) is 4.98 Å². The van der Waals surface area contributed by atoms with Crippen LogP contribution in [0.2, 0.25) is 0 Å². The highest BCUT2D eigenvalue weighted by Gasteiger charge is 2.13. The normalized spacial score (nSPS) is 11.8. The molecule has 124 valence electrons. The summed E-state index contributed by atoms with van der Waals surface area (Å²) < 4.78 is 3.14. The van der Waals surface area contributed by atoms with E-state index < -0.39 is 0 Å². The van der Waals surface area contributed by atoms with Crippen LogP contribution in [-0.2, 0) is 0 Å². The maximum absolute atomic E-state index is 4.91. The first-order valence-corrected chi connectivity index (χ1v) is 8.88. The summed E-state index contributed by atoms with van der Waals surface area (Å²) in [6.45, 7) is 5.84. The molecule has 3 aromatic rings. The van der Waals surface area contributed by atoms with Gasteiger partial charge in [0.05, 0.1) is 5.69 Å². The summed E-state index contributed by atoms with van der Waals surface area (Å²) in [5, 5.41) is 0. The zero-order valence-corrected chi connectivity index (χ0v) is 15.6. The molecule has 0 aliphatic rings. The third-order valence-corrected chi connectivity index (χ3v) is 4.26. The van der Waals surface area contributed by atoms with Gasteiger partial charge in [-0.05, 0) is 31.2 Å². The van der Waals surface area contributed by atoms with Crippen LogP contribution < -0.4 is 0 Å². The van der Waals surface area contributed by atoms with Crippen molar-refractivity contribution in [1.82, 2.24) is 9.55 Å². The molecule has 1 aromatic heterocycles. The lowest BCUT2D eigenvalue weighted by molar-refractivity contribution is 1.11. The highest BCUT2D eigenvalue weighted by molar-refractivity contribution is 9.10. The predicted octanol–water partition coefficient (Wildman–Crippen LogP) is 6.58. The molecule has 2 nitrogen and oxygen atoms in total. The van der Waals surface area contributed by atoms with E-state index in [1.54, 1.807) is 6.08 Å². The van der Waals surface area contributed by atoms with E-state index in [9.17, 15) is 0 Å². The van der Waals surface area contributed by atoms with E-state index in [-0.39, 0.29) is 0 Å². The average molecular weight is 391 g/mol. The fourth-order valence-electron chi connectivity index (χ4n) is 2.66. The fraction of sp³-hybridized carbons (Fsp3) is 0.0455. The molecule has 0 saturated carbocycles. The van der Waals surface area contributed by atoms with Crippen LogP contribution in [0.5, 0.6) is 0 Å². The van der Waals surface area contributed by atoms with Gasteiger partial charge in [0, 0.05) is 27.5 Å². The van der Waals surface area contributed by atoms with Crippen LogP contribution in [0, 0.1) is 0 Å². The SMILES string of the molecule is C=C/C=C(\C=C/C)n1cc(-c2cccc(Br)c2)nc1-c1ccccc1. The Morgan fingerprint density at radius 2 is 1.84 bits per heavy atom. The van der Waals surface area contributed by atoms with Crippen molar-refractivity contribution in [2.45, 2.75) is 6.92 Å². The van der Waals surface area contributed by atoms with Gasteiger partial charge < -0.3 is 0 Å². The summed E-state index contributed by atoms with van der Waals surface area (Å²) in [5.41, 5.74) is 4.09. The lowest BCUT2D eigenvalue weighted by Gasteiger charge is -2.08. The molecule has 0 radical (unpaired) electrons. The quantitative estimate of drug-likeness (QED) is 0.449. The van der Waals surface area contributed by atoms with Crippen LogP contribution in [0.25, 0.3) is 28.3 Å². The van der Waals surface area contributed by atoms with Crippen LogP contribution >= 0.6 is 15.9 Å². The average Bonchev–Trinajstić information content (AvgIpc) is 3.08. The second-order valence-electron chi connectivity index (χ2n) is 5.52. The summed E-state index contributed by atoms with van der Waals surface area (Å²) in [4.78, 5) is 4.91. The fourth-order valence-corrected chi connectivity index (χ4v) is 3.06. The lowest BCUT2D eigenvalue weighted by atomic mass is 10.2. The molecule has 0 saturated heterocycles. The van der Waals surface area contributed by atoms with Gasteiger partial charge in [0.2, 0.25) is 0 Å². The first-order chi connectivity index (χ1) is 12.2. The topological polar surface area (TPSA) is 17.8 Å². The first kappa shape index (κ1) is 17.2. The molecule has 25 heavy (non-hydrogen) atoms. The Hall–Kier alpha value is -2.65. The number of aromatic nitrogens is 2. The van der Waals surface area contributed by atoms with E-state index in [4.69, 9.17) is 4.98 Å². The van der Waals surface area contributed by atoms with Crippen LogP contribution in [0.1, 0.15) is 6.92 Å². The van der Waals surface area contributed by atoms with Crippen molar-refractivity contribution in [3.05, 3.63) is 96.1 Å². The molecular weight excluding hydrogens is 372 g/mol. The first-order valence-electron chi connectivity index (χ1n) is 8.09. The maximum Gasteiger partial charge on any atom is 0.145 e. The molecule has 3 heteroatoms. The summed E-state index contributed by atoms with van der Waals surface area (Å²) in [6.07, 6.45) is 9.92. The van der Waals surface area contributed by atoms with Gasteiger partial charge in [-0.3, -0.25) is 4.57 Å². The number of allylic oxidation sites excluding steroid dienone is 5. The van der Waals surface area contributed by atoms with E-state index in [2.05, 4.69) is 63.6 Å². The summed E-state index contributed by atoms with van der Waals surface area (Å²) >= 11 is 3.54. The minimum atomic E-state index is 0.904. The number of benzene rings is 2. The molecule has 0 aliphatic carbocycles. The summed E-state index contributed by atoms with van der Waals surface area (Å²) in [7, 11) is 0. The largest absolute Gasteiger partial charge is 0.299 e. The smallest absolute Gasteiger partial charge is 0.145 e. The van der Waals surface area contributed by atoms with Crippen molar-refractivity contribution >= 4 is 21.6 Å². The van der Waals surface area contributed by atoms with Crippen LogP contribution in [-0.4, -0.2) is 9.55 Å². The number of rotatable bonds is 5. The lowest BCUT2D eigenvalue weighted by Crippen LogP contribution is -1.96. The second kappa shape index (κ2) is 7.95. The van der Waals surface area contributed by atoms with Crippen LogP contribution in [0.15, 0.2) is 96.1 Å². The van der Waals surface area contributed by atoms with Gasteiger partial charge in [-0.2, -0.15) is 0 Å². The van der Waals surface area contributed by atoms with E-state index >= 15 is 0 Å². The molecule has 0 N–H and O–H groups in total. The number of halogens is 1. The number of imidazole rings is 1. The van der Waals surface area contributed by atoms with Crippen molar-refractivity contribution in [2.24, 2.45) is 0 Å². The van der Waals surface area contributed by atoms with Gasteiger partial charge in [-0.15, -0.1) is 0 Å². The van der Waals surface area contributed by atoms with Crippen LogP contribution in [0.4, 0.5) is 0 Å². The predicted molar refractivity (Wildman–Crippen MR) is 110 cm³/mol. The summed E-state index contributed by atoms with van der Waals surface area (Å²) in [5.74, 6) is 0.904. The van der Waals surface area contributed by atoms with Gasteiger partial charge in [0.15, 0.2) is 0 Å². The van der Waals surface area contributed by atoms with Gasteiger partial charge in [0.25, 0.3) is 0 Å². The Labute approximate surface area is 157 Å². The second-order valence-corrected chi connectivity index (χ2v) is 6.44. The Kier molecular flexibility index (Phi) is 5.46. The zero-order valence-electron chi connectivity index (χ0n) is 14.1. The molecular formula is C22H19BrN2. The molecule has 0 fully saturated rings. The molecule has 0 atom stereocenters. The number of nitrogens with zero attached hydrogens (tertiary/aromatic N) is 2. The van der Waals surface area contributed by atoms with Crippen molar-refractivity contribution in [3.63, 3.8) is 0 Å². The minimum Gasteiger partial charge on any atom is -0.299 e. The Morgan fingerprint density at radius 3 is 2.52 bits per heavy atom. The zero-order chi connectivity index (χ0) is 17.6. The number of hydrogen-bond acceptors (Lipinski definition) is 1. The monoisotopic (exact) mass is 390 g/mol. The molecule has 1 heterocycles. The third kappa shape index (κ3) is 3.89. The van der Waals surface area contributed by atoms with Gasteiger partial charge >= 0.3 is 0 Å². The molecule has 3 rings (SSSR count). The highest BCUT2D eigenvalue weighted by Crippen LogP contribution is 2.29. The molecule has 2 aromatic carbocycles. The Morgan fingerprint density at radius 1 is 1.08 bits per heavy atom. The molecule has 0 aliphatic heterocycles. The van der Waals surface area contributed by atoms with Crippen LogP contribution in [0.3, 0.4) is 0 Å². The minimum absolute atomic E-state index is 0.904. The Balaban J connectivity index is 2.21. The van der Waals surface area contributed by atoms with E-state index in [0.717, 1.165) is 32.8 Å². The highest BCUT2D eigenvalue weighted by atomic mass is 79.9. The maximum atomic E-state index is 4.91. The van der Waals surface area contributed by atoms with Crippen molar-refractivity contribution in [3.8, 4) is 22.6 Å². The van der Waals surface area contributed by atoms with Crippen molar-refractivity contribution in [1.29, 1.82) is 0 Å². The van der Waals surface area contributed by atoms with E-state index in [1.165, 1.54) is 0 Å². The van der Waals surface area contributed by atoms with Gasteiger partial charge in [0.1, 0.15) is 5.82 Å².